The van der Waals surface area contributed by atoms with E-state index in [9.17, 15) is 4.79 Å². The third kappa shape index (κ3) is 4.12. The first kappa shape index (κ1) is 16.9. The molecule has 0 aromatic heterocycles. The van der Waals surface area contributed by atoms with Gasteiger partial charge in [0.1, 0.15) is 25.1 Å². The van der Waals surface area contributed by atoms with E-state index >= 15 is 0 Å². The molecule has 3 rings (SSSR count). The van der Waals surface area contributed by atoms with Gasteiger partial charge in [0.25, 0.3) is 0 Å². The molecule has 2 aliphatic heterocycles. The Balaban J connectivity index is 1.41. The molecule has 0 radical (unpaired) electrons. The molecule has 130 valence electrons. The van der Waals surface area contributed by atoms with Crippen molar-refractivity contribution in [1.82, 2.24) is 0 Å². The van der Waals surface area contributed by atoms with Crippen LogP contribution in [0, 0.1) is 0 Å². The summed E-state index contributed by atoms with van der Waals surface area (Å²) in [5.74, 6) is -0.409. The van der Waals surface area contributed by atoms with Crippen molar-refractivity contribution in [2.24, 2.45) is 0 Å². The average molecular weight is 326 g/mol. The molecule has 6 heteroatoms. The predicted molar refractivity (Wildman–Crippen MR) is 81.9 cm³/mol. The lowest BCUT2D eigenvalue weighted by atomic mass is 9.98. The summed E-state index contributed by atoms with van der Waals surface area (Å²) in [6.07, 6.45) is 5.30. The second-order valence-electron chi connectivity index (χ2n) is 6.57. The summed E-state index contributed by atoms with van der Waals surface area (Å²) in [7, 11) is 0. The van der Waals surface area contributed by atoms with Gasteiger partial charge in [-0.15, -0.1) is 0 Å². The Morgan fingerprint density at radius 2 is 1.70 bits per heavy atom. The molecule has 0 spiro atoms. The van der Waals surface area contributed by atoms with Crippen molar-refractivity contribution in [2.45, 2.75) is 69.5 Å². The fourth-order valence-electron chi connectivity index (χ4n) is 3.37. The largest absolute Gasteiger partial charge is 0.454 e. The number of carbonyl (C=O) groups is 1. The zero-order valence-corrected chi connectivity index (χ0v) is 13.7. The highest BCUT2D eigenvalue weighted by Crippen LogP contribution is 2.31. The predicted octanol–water partition coefficient (Wildman–Crippen LogP) is 1.96. The highest BCUT2D eigenvalue weighted by Gasteiger charge is 2.50. The number of esters is 1. The van der Waals surface area contributed by atoms with Gasteiger partial charge in [-0.1, -0.05) is 25.8 Å². The summed E-state index contributed by atoms with van der Waals surface area (Å²) in [6, 6.07) is 0. The first-order valence-electron chi connectivity index (χ1n) is 8.48. The summed E-state index contributed by atoms with van der Waals surface area (Å²) in [4.78, 5) is 11.6. The van der Waals surface area contributed by atoms with Crippen molar-refractivity contribution >= 4 is 5.97 Å². The van der Waals surface area contributed by atoms with Crippen LogP contribution in [0.25, 0.3) is 0 Å². The van der Waals surface area contributed by atoms with Crippen LogP contribution in [0.5, 0.6) is 0 Å². The van der Waals surface area contributed by atoms with Crippen LogP contribution in [-0.4, -0.2) is 56.5 Å². The Morgan fingerprint density at radius 1 is 1.04 bits per heavy atom. The Kier molecular flexibility index (Phi) is 5.69. The zero-order valence-electron chi connectivity index (χ0n) is 13.7. The SMILES string of the molecule is C=C(C)C(=O)OC1COC2C(OCOC3CCCCC3)COC12. The van der Waals surface area contributed by atoms with Crippen molar-refractivity contribution in [2.75, 3.05) is 20.0 Å². The van der Waals surface area contributed by atoms with Gasteiger partial charge in [-0.3, -0.25) is 0 Å². The first-order valence-corrected chi connectivity index (χ1v) is 8.48. The number of ether oxygens (including phenoxy) is 5. The Morgan fingerprint density at radius 3 is 2.39 bits per heavy atom. The smallest absolute Gasteiger partial charge is 0.333 e. The van der Waals surface area contributed by atoms with Crippen LogP contribution >= 0.6 is 0 Å². The Hall–Kier alpha value is -0.950. The second kappa shape index (κ2) is 7.75. The van der Waals surface area contributed by atoms with Gasteiger partial charge in [0.2, 0.25) is 0 Å². The molecule has 0 amide bonds. The zero-order chi connectivity index (χ0) is 16.2. The van der Waals surface area contributed by atoms with Gasteiger partial charge in [0, 0.05) is 5.57 Å². The molecule has 4 atom stereocenters. The molecule has 4 unspecified atom stereocenters. The maximum atomic E-state index is 11.6. The normalized spacial score (nSPS) is 34.3. The molecule has 1 saturated carbocycles. The van der Waals surface area contributed by atoms with Crippen LogP contribution in [0.15, 0.2) is 12.2 Å². The number of rotatable bonds is 6. The van der Waals surface area contributed by atoms with Gasteiger partial charge in [0.05, 0.1) is 19.3 Å². The van der Waals surface area contributed by atoms with Crippen LogP contribution in [0.3, 0.4) is 0 Å². The number of hydrogen-bond acceptors (Lipinski definition) is 6. The number of carbonyl (C=O) groups excluding carboxylic acids is 1. The van der Waals surface area contributed by atoms with E-state index in [-0.39, 0.29) is 25.1 Å². The first-order chi connectivity index (χ1) is 11.1. The van der Waals surface area contributed by atoms with E-state index in [0.717, 1.165) is 12.8 Å². The lowest BCUT2D eigenvalue weighted by Gasteiger charge is -2.23. The molecule has 0 N–H and O–H groups in total. The Bertz CT molecular complexity index is 431. The quantitative estimate of drug-likeness (QED) is 0.422. The maximum absolute atomic E-state index is 11.6. The van der Waals surface area contributed by atoms with Gasteiger partial charge in [0.15, 0.2) is 6.10 Å². The summed E-state index contributed by atoms with van der Waals surface area (Å²) < 4.78 is 28.4. The molecule has 3 fully saturated rings. The third-order valence-corrected chi connectivity index (χ3v) is 4.71. The molecule has 0 aromatic rings. The molecule has 6 nitrogen and oxygen atoms in total. The van der Waals surface area contributed by atoms with Gasteiger partial charge in [-0.25, -0.2) is 4.79 Å². The second-order valence-corrected chi connectivity index (χ2v) is 6.57. The monoisotopic (exact) mass is 326 g/mol. The number of fused-ring (bicyclic) bond motifs is 1. The fraction of sp³-hybridized carbons (Fsp3) is 0.824. The molecular formula is C17H26O6. The summed E-state index contributed by atoms with van der Waals surface area (Å²) in [5, 5.41) is 0. The lowest BCUT2D eigenvalue weighted by molar-refractivity contribution is -0.151. The van der Waals surface area contributed by atoms with Gasteiger partial charge < -0.3 is 23.7 Å². The van der Waals surface area contributed by atoms with Crippen molar-refractivity contribution in [3.8, 4) is 0 Å². The van der Waals surface area contributed by atoms with E-state index in [1.54, 1.807) is 6.92 Å². The summed E-state index contributed by atoms with van der Waals surface area (Å²) in [5.41, 5.74) is 0.375. The standard InChI is InChI=1S/C17H26O6/c1-11(2)17(18)23-14-9-20-15-13(8-19-16(14)15)22-10-21-12-6-4-3-5-7-12/h12-16H,1,3-10H2,2H3. The lowest BCUT2D eigenvalue weighted by Crippen LogP contribution is -2.35. The average Bonchev–Trinajstić information content (AvgIpc) is 3.12. The molecule has 3 aliphatic rings. The minimum atomic E-state index is -0.409. The van der Waals surface area contributed by atoms with Gasteiger partial charge in [-0.2, -0.15) is 0 Å². The van der Waals surface area contributed by atoms with Crippen molar-refractivity contribution < 1.29 is 28.5 Å². The molecule has 2 saturated heterocycles. The minimum Gasteiger partial charge on any atom is -0.454 e. The van der Waals surface area contributed by atoms with Crippen LogP contribution < -0.4 is 0 Å². The third-order valence-electron chi connectivity index (χ3n) is 4.71. The number of hydrogen-bond donors (Lipinski definition) is 0. The molecule has 23 heavy (non-hydrogen) atoms. The van der Waals surface area contributed by atoms with Crippen molar-refractivity contribution in [1.29, 1.82) is 0 Å². The van der Waals surface area contributed by atoms with Gasteiger partial charge >= 0.3 is 5.97 Å². The molecular weight excluding hydrogens is 300 g/mol. The maximum Gasteiger partial charge on any atom is 0.333 e. The van der Waals surface area contributed by atoms with Crippen LogP contribution in [0.4, 0.5) is 0 Å². The highest BCUT2D eigenvalue weighted by molar-refractivity contribution is 5.87. The Labute approximate surface area is 137 Å². The molecule has 0 bridgehead atoms. The van der Waals surface area contributed by atoms with Crippen LogP contribution in [0.2, 0.25) is 0 Å². The topological polar surface area (TPSA) is 63.2 Å². The summed E-state index contributed by atoms with van der Waals surface area (Å²) in [6.45, 7) is 6.24. The van der Waals surface area contributed by atoms with Crippen molar-refractivity contribution in [3.05, 3.63) is 12.2 Å². The van der Waals surface area contributed by atoms with Crippen LogP contribution in [-0.2, 0) is 28.5 Å². The van der Waals surface area contributed by atoms with E-state index in [1.807, 2.05) is 0 Å². The highest BCUT2D eigenvalue weighted by atomic mass is 16.7. The summed E-state index contributed by atoms with van der Waals surface area (Å²) >= 11 is 0. The fourth-order valence-corrected chi connectivity index (χ4v) is 3.37. The van der Waals surface area contributed by atoms with E-state index < -0.39 is 12.1 Å². The van der Waals surface area contributed by atoms with E-state index in [0.29, 0.717) is 24.9 Å². The van der Waals surface area contributed by atoms with E-state index in [2.05, 4.69) is 6.58 Å². The molecule has 0 aromatic carbocycles. The minimum absolute atomic E-state index is 0.169. The van der Waals surface area contributed by atoms with E-state index in [1.165, 1.54) is 19.3 Å². The van der Waals surface area contributed by atoms with Gasteiger partial charge in [-0.05, 0) is 19.8 Å². The van der Waals surface area contributed by atoms with Crippen LogP contribution in [0.1, 0.15) is 39.0 Å². The van der Waals surface area contributed by atoms with Crippen molar-refractivity contribution in [3.63, 3.8) is 0 Å². The van der Waals surface area contributed by atoms with E-state index in [4.69, 9.17) is 23.7 Å². The molecule has 2 heterocycles. The molecule has 1 aliphatic carbocycles.